The highest BCUT2D eigenvalue weighted by atomic mass is 16.5. The number of nitrogens with two attached hydrogens (primary N) is 1. The van der Waals surface area contributed by atoms with Gasteiger partial charge in [0.1, 0.15) is 5.75 Å². The molecule has 1 unspecified atom stereocenters. The molecule has 0 heterocycles. The van der Waals surface area contributed by atoms with Gasteiger partial charge < -0.3 is 15.8 Å². The molecule has 0 radical (unpaired) electrons. The van der Waals surface area contributed by atoms with Crippen molar-refractivity contribution in [1.29, 1.82) is 0 Å². The van der Waals surface area contributed by atoms with E-state index in [1.165, 1.54) is 18.2 Å². The van der Waals surface area contributed by atoms with E-state index in [0.717, 1.165) is 23.2 Å². The highest BCUT2D eigenvalue weighted by Gasteiger charge is 2.22. The summed E-state index contributed by atoms with van der Waals surface area (Å²) < 4.78 is 5.75. The molecule has 2 aromatic rings. The van der Waals surface area contributed by atoms with Crippen molar-refractivity contribution in [3.05, 3.63) is 42.0 Å². The van der Waals surface area contributed by atoms with Crippen LogP contribution in [-0.2, 0) is 11.3 Å². The van der Waals surface area contributed by atoms with Gasteiger partial charge in [0.05, 0.1) is 0 Å². The number of rotatable bonds is 6. The Hall–Kier alpha value is -2.07. The lowest BCUT2D eigenvalue weighted by molar-refractivity contribution is -0.124. The minimum absolute atomic E-state index is 0.454. The minimum Gasteiger partial charge on any atom is -0.481 e. The molecule has 1 aliphatic carbocycles. The average molecular weight is 284 g/mol. The molecule has 3 rings (SSSR count). The minimum atomic E-state index is -0.633. The zero-order valence-corrected chi connectivity index (χ0v) is 12.1. The van der Waals surface area contributed by atoms with Crippen LogP contribution in [0.25, 0.3) is 10.8 Å². The molecule has 0 aromatic heterocycles. The van der Waals surface area contributed by atoms with Crippen molar-refractivity contribution in [2.24, 2.45) is 5.73 Å². The summed E-state index contributed by atoms with van der Waals surface area (Å²) in [5.41, 5.74) is 6.39. The SMILES string of the molecule is CC(Oc1ccc2ccccc2c1CNC1CC1)C(N)=O. The van der Waals surface area contributed by atoms with E-state index in [-0.39, 0.29) is 0 Å². The molecule has 4 heteroatoms. The van der Waals surface area contributed by atoms with Crippen LogP contribution in [0.2, 0.25) is 0 Å². The number of ether oxygens (including phenoxy) is 1. The molecule has 4 nitrogen and oxygen atoms in total. The quantitative estimate of drug-likeness (QED) is 0.855. The Morgan fingerprint density at radius 2 is 2.10 bits per heavy atom. The zero-order valence-electron chi connectivity index (χ0n) is 12.1. The average Bonchev–Trinajstić information content (AvgIpc) is 3.30. The summed E-state index contributed by atoms with van der Waals surface area (Å²) in [4.78, 5) is 11.2. The molecule has 1 atom stereocenters. The molecule has 0 bridgehead atoms. The predicted molar refractivity (Wildman–Crippen MR) is 83.1 cm³/mol. The summed E-state index contributed by atoms with van der Waals surface area (Å²) in [6.07, 6.45) is 1.84. The number of carbonyl (C=O) groups is 1. The van der Waals surface area contributed by atoms with Crippen LogP contribution in [0.5, 0.6) is 5.75 Å². The van der Waals surface area contributed by atoms with Crippen molar-refractivity contribution in [3.8, 4) is 5.75 Å². The number of carbonyl (C=O) groups excluding carboxylic acids is 1. The van der Waals surface area contributed by atoms with E-state index >= 15 is 0 Å². The van der Waals surface area contributed by atoms with Crippen LogP contribution in [0.15, 0.2) is 36.4 Å². The van der Waals surface area contributed by atoms with Gasteiger partial charge in [-0.3, -0.25) is 4.79 Å². The van der Waals surface area contributed by atoms with Crippen molar-refractivity contribution in [2.75, 3.05) is 0 Å². The van der Waals surface area contributed by atoms with E-state index < -0.39 is 12.0 Å². The standard InChI is InChI=1S/C17H20N2O2/c1-11(17(18)20)21-16-9-6-12-4-2-3-5-14(12)15(16)10-19-13-7-8-13/h2-6,9,11,13,19H,7-8,10H2,1H3,(H2,18,20). The number of nitrogens with one attached hydrogen (secondary N) is 1. The Kier molecular flexibility index (Phi) is 3.80. The summed E-state index contributed by atoms with van der Waals surface area (Å²) in [5.74, 6) is 0.275. The summed E-state index contributed by atoms with van der Waals surface area (Å²) in [6.45, 7) is 2.42. The molecule has 21 heavy (non-hydrogen) atoms. The smallest absolute Gasteiger partial charge is 0.258 e. The highest BCUT2D eigenvalue weighted by molar-refractivity contribution is 5.88. The maximum Gasteiger partial charge on any atom is 0.258 e. The first kappa shape index (κ1) is 13.9. The number of amides is 1. The van der Waals surface area contributed by atoms with Crippen molar-refractivity contribution in [1.82, 2.24) is 5.32 Å². The summed E-state index contributed by atoms with van der Waals surface area (Å²) in [5, 5.41) is 5.83. The molecule has 3 N–H and O–H groups in total. The van der Waals surface area contributed by atoms with Crippen LogP contribution < -0.4 is 15.8 Å². The number of hydrogen-bond acceptors (Lipinski definition) is 3. The first-order chi connectivity index (χ1) is 10.1. The molecule has 0 spiro atoms. The van der Waals surface area contributed by atoms with Crippen molar-refractivity contribution in [3.63, 3.8) is 0 Å². The Morgan fingerprint density at radius 1 is 1.33 bits per heavy atom. The maximum atomic E-state index is 11.2. The Bertz CT molecular complexity index is 665. The summed E-state index contributed by atoms with van der Waals surface area (Å²) in [6, 6.07) is 12.8. The van der Waals surface area contributed by atoms with Gasteiger partial charge in [0.2, 0.25) is 0 Å². The van der Waals surface area contributed by atoms with Crippen LogP contribution in [0, 0.1) is 0 Å². The fraction of sp³-hybridized carbons (Fsp3) is 0.353. The molecular formula is C17H20N2O2. The van der Waals surface area contributed by atoms with E-state index in [9.17, 15) is 4.79 Å². The lowest BCUT2D eigenvalue weighted by Crippen LogP contribution is -2.31. The first-order valence-corrected chi connectivity index (χ1v) is 7.35. The molecule has 1 aliphatic rings. The third-order valence-corrected chi connectivity index (χ3v) is 3.85. The molecule has 1 amide bonds. The van der Waals surface area contributed by atoms with E-state index in [4.69, 9.17) is 10.5 Å². The van der Waals surface area contributed by atoms with Gasteiger partial charge in [-0.25, -0.2) is 0 Å². The van der Waals surface area contributed by atoms with Crippen LogP contribution in [0.3, 0.4) is 0 Å². The fourth-order valence-electron chi connectivity index (χ4n) is 2.39. The first-order valence-electron chi connectivity index (χ1n) is 7.35. The van der Waals surface area contributed by atoms with E-state index in [0.29, 0.717) is 6.04 Å². The second kappa shape index (κ2) is 5.74. The van der Waals surface area contributed by atoms with Crippen molar-refractivity contribution < 1.29 is 9.53 Å². The number of fused-ring (bicyclic) bond motifs is 1. The topological polar surface area (TPSA) is 64.3 Å². The molecule has 0 saturated heterocycles. The number of primary amides is 1. The highest BCUT2D eigenvalue weighted by Crippen LogP contribution is 2.30. The molecule has 1 fully saturated rings. The van der Waals surface area contributed by atoms with Crippen LogP contribution in [0.4, 0.5) is 0 Å². The fourth-order valence-corrected chi connectivity index (χ4v) is 2.39. The van der Waals surface area contributed by atoms with E-state index in [2.05, 4.69) is 17.4 Å². The second-order valence-corrected chi connectivity index (χ2v) is 5.58. The second-order valence-electron chi connectivity index (χ2n) is 5.58. The van der Waals surface area contributed by atoms with E-state index in [1.807, 2.05) is 24.3 Å². The van der Waals surface area contributed by atoms with Crippen LogP contribution in [0.1, 0.15) is 25.3 Å². The Morgan fingerprint density at radius 3 is 2.81 bits per heavy atom. The number of hydrogen-bond donors (Lipinski definition) is 2. The molecule has 2 aromatic carbocycles. The molecular weight excluding hydrogens is 264 g/mol. The van der Waals surface area contributed by atoms with Crippen LogP contribution >= 0.6 is 0 Å². The largest absolute Gasteiger partial charge is 0.481 e. The monoisotopic (exact) mass is 284 g/mol. The Balaban J connectivity index is 1.96. The summed E-state index contributed by atoms with van der Waals surface area (Å²) >= 11 is 0. The lowest BCUT2D eigenvalue weighted by Gasteiger charge is -2.17. The third-order valence-electron chi connectivity index (χ3n) is 3.85. The summed E-state index contributed by atoms with van der Waals surface area (Å²) in [7, 11) is 0. The van der Waals surface area contributed by atoms with Crippen LogP contribution in [-0.4, -0.2) is 18.1 Å². The predicted octanol–water partition coefficient (Wildman–Crippen LogP) is 2.34. The van der Waals surface area contributed by atoms with Gasteiger partial charge in [0, 0.05) is 18.2 Å². The molecule has 1 saturated carbocycles. The van der Waals surface area contributed by atoms with Gasteiger partial charge >= 0.3 is 0 Å². The van der Waals surface area contributed by atoms with Gasteiger partial charge in [-0.1, -0.05) is 30.3 Å². The Labute approximate surface area is 124 Å². The lowest BCUT2D eigenvalue weighted by atomic mass is 10.0. The zero-order chi connectivity index (χ0) is 14.8. The van der Waals surface area contributed by atoms with Gasteiger partial charge in [0.25, 0.3) is 5.91 Å². The van der Waals surface area contributed by atoms with Gasteiger partial charge in [0.15, 0.2) is 6.10 Å². The van der Waals surface area contributed by atoms with Crippen molar-refractivity contribution >= 4 is 16.7 Å². The van der Waals surface area contributed by atoms with Gasteiger partial charge in [-0.15, -0.1) is 0 Å². The maximum absolute atomic E-state index is 11.2. The molecule has 110 valence electrons. The normalized spacial score (nSPS) is 15.9. The third kappa shape index (κ3) is 3.16. The molecule has 0 aliphatic heterocycles. The van der Waals surface area contributed by atoms with Crippen molar-refractivity contribution in [2.45, 2.75) is 38.5 Å². The van der Waals surface area contributed by atoms with Gasteiger partial charge in [-0.2, -0.15) is 0 Å². The van der Waals surface area contributed by atoms with Gasteiger partial charge in [-0.05, 0) is 36.6 Å². The number of benzene rings is 2. The van der Waals surface area contributed by atoms with E-state index in [1.54, 1.807) is 6.92 Å².